The van der Waals surface area contributed by atoms with Gasteiger partial charge in [-0.1, -0.05) is 225 Å². The Bertz CT molecular complexity index is 2250. The van der Waals surface area contributed by atoms with Gasteiger partial charge >= 0.3 is 0 Å². The first-order valence-electron chi connectivity index (χ1n) is 44.8. The van der Waals surface area contributed by atoms with E-state index < -0.39 is 0 Å². The van der Waals surface area contributed by atoms with Crippen molar-refractivity contribution in [2.75, 3.05) is 0 Å². The lowest BCUT2D eigenvalue weighted by atomic mass is 9.46. The molecule has 0 saturated heterocycles. The molecule has 0 radical (unpaired) electrons. The SMILES string of the molecule is CC.CC.CC.CC.CC(C)(C)C1CC2CC1C1CCCC21.CC(C)(C)C1CC2CC1C1CCCCC21.CC(C)(C)C1CC2CCC1C2.CC(C)(C)C1CCCCC1.CC1(C)C2CC3CC(C2)C1C3.CC1(C)C2CC3CC(C2)CC1C3.CC1(C)CC2CC1C1C3CCC(C3)C21. The van der Waals surface area contributed by atoms with Gasteiger partial charge in [0, 0.05) is 0 Å². The van der Waals surface area contributed by atoms with Crippen molar-refractivity contribution in [3.05, 3.63) is 0 Å². The summed E-state index contributed by atoms with van der Waals surface area (Å²) >= 11 is 0. The van der Waals surface area contributed by atoms with Crippen molar-refractivity contribution in [3.63, 3.8) is 0 Å². The lowest BCUT2D eigenvalue weighted by molar-refractivity contribution is -0.0876. The Morgan fingerprint density at radius 3 is 1.11 bits per heavy atom. The topological polar surface area (TPSA) is 0 Å². The van der Waals surface area contributed by atoms with E-state index in [0.717, 1.165) is 142 Å². The van der Waals surface area contributed by atoms with Crippen molar-refractivity contribution < 1.29 is 0 Å². The third-order valence-electron chi connectivity index (χ3n) is 34.7. The molecule has 21 rings (SSSR count). The normalized spacial score (nSPS) is 45.7. The second kappa shape index (κ2) is 31.8. The van der Waals surface area contributed by atoms with E-state index >= 15 is 0 Å². The molecule has 0 N–H and O–H groups in total. The molecule has 0 heterocycles. The predicted octanol–water partition coefficient (Wildman–Crippen LogP) is 30.0. The van der Waals surface area contributed by atoms with Gasteiger partial charge in [0.15, 0.2) is 0 Å². The molecule has 21 aliphatic carbocycles. The maximum absolute atomic E-state index is 2.54. The van der Waals surface area contributed by atoms with Crippen LogP contribution in [0.3, 0.4) is 0 Å². The van der Waals surface area contributed by atoms with Gasteiger partial charge in [-0.05, 0) is 377 Å². The number of fused-ring (bicyclic) bond motifs is 21. The highest BCUT2D eigenvalue weighted by Gasteiger charge is 2.65. The van der Waals surface area contributed by atoms with Gasteiger partial charge in [-0.25, -0.2) is 0 Å². The molecule has 23 unspecified atom stereocenters. The average Bonchev–Trinajstić information content (AvgIpc) is 1.60. The van der Waals surface area contributed by atoms with Gasteiger partial charge in [0.05, 0.1) is 0 Å². The zero-order valence-corrected chi connectivity index (χ0v) is 69.7. The molecule has 21 saturated carbocycles. The maximum Gasteiger partial charge on any atom is -0.0295 e. The van der Waals surface area contributed by atoms with Gasteiger partial charge in [0.2, 0.25) is 0 Å². The lowest BCUT2D eigenvalue weighted by Crippen LogP contribution is -2.49. The second-order valence-electron chi connectivity index (χ2n) is 44.1. The number of rotatable bonds is 0. The van der Waals surface area contributed by atoms with Crippen LogP contribution in [0.2, 0.25) is 0 Å². The first-order valence-corrected chi connectivity index (χ1v) is 44.8. The Morgan fingerprint density at radius 2 is 0.674 bits per heavy atom. The van der Waals surface area contributed by atoms with E-state index in [-0.39, 0.29) is 0 Å². The molecule has 21 aliphatic rings. The highest BCUT2D eigenvalue weighted by Crippen LogP contribution is 2.73. The smallest absolute Gasteiger partial charge is 0.0295 e. The summed E-state index contributed by atoms with van der Waals surface area (Å²) in [7, 11) is 0. The van der Waals surface area contributed by atoms with Crippen LogP contribution >= 0.6 is 0 Å². The van der Waals surface area contributed by atoms with E-state index in [1.807, 2.05) is 55.4 Å². The Balaban J connectivity index is 0.000000128. The van der Waals surface area contributed by atoms with Gasteiger partial charge in [0.25, 0.3) is 0 Å². The molecule has 21 fully saturated rings. The van der Waals surface area contributed by atoms with E-state index in [9.17, 15) is 0 Å². The molecule has 0 heteroatoms. The predicted molar refractivity (Wildman–Crippen MR) is 419 cm³/mol. The zero-order chi connectivity index (χ0) is 69.7. The summed E-state index contributed by atoms with van der Waals surface area (Å²) in [5, 5.41) is 0. The molecule has 95 heavy (non-hydrogen) atoms. The minimum Gasteiger partial charge on any atom is -0.0683 e. The third kappa shape index (κ3) is 16.7. The Morgan fingerprint density at radius 1 is 0.242 bits per heavy atom. The molecule has 0 aromatic carbocycles. The van der Waals surface area contributed by atoms with Crippen LogP contribution in [0.15, 0.2) is 0 Å². The molecule has 0 aromatic rings. The van der Waals surface area contributed by atoms with Crippen molar-refractivity contribution in [3.8, 4) is 0 Å². The van der Waals surface area contributed by atoms with Crippen LogP contribution in [-0.2, 0) is 0 Å². The summed E-state index contributed by atoms with van der Waals surface area (Å²) in [4.78, 5) is 0. The van der Waals surface area contributed by atoms with Crippen LogP contribution in [0.1, 0.15) is 398 Å². The number of hydrogen-bond acceptors (Lipinski definition) is 0. The van der Waals surface area contributed by atoms with E-state index in [4.69, 9.17) is 0 Å². The summed E-state index contributed by atoms with van der Waals surface area (Å²) in [5.74, 6) is 31.4. The van der Waals surface area contributed by atoms with Gasteiger partial charge < -0.3 is 0 Å². The van der Waals surface area contributed by atoms with E-state index in [1.54, 1.807) is 154 Å². The Kier molecular flexibility index (Phi) is 26.5. The molecule has 0 spiro atoms. The average molecular weight is 1320 g/mol. The fourth-order valence-electron chi connectivity index (χ4n) is 30.6. The first kappa shape index (κ1) is 79.1. The summed E-state index contributed by atoms with van der Waals surface area (Å²) < 4.78 is 0. The molecule has 18 bridgehead atoms. The summed E-state index contributed by atoms with van der Waals surface area (Å²) in [6.07, 6.45) is 52.9. The minimum absolute atomic E-state index is 0.570. The van der Waals surface area contributed by atoms with Gasteiger partial charge in [-0.15, -0.1) is 0 Å². The standard InChI is InChI=1S/C15H26.C14H22.C14H24.C12H20.C11H18.C11H20.C10H20.4C2H6/c1-15(2,3)14-9-10-8-13(14)12-7-5-4-6-11(10)12;1-14(2)7-10-6-11(14)13-9-4-3-8(5-9)12(10)13;1-14(2,3)13-8-9-7-12(13)11-6-4-5-10(9)11;1-12(2)10-4-8-3-9(6-10)7-11(12)5-8;1-11(2)9-4-7-3-8(6-9)10(11)5-7;1-11(2,3)10-7-8-4-5-9(10)6-8;1-10(2,3)9-7-5-4-6-8-9;4*1-2/h10-14H,4-9H2,1-3H3;8-13H,3-7H2,1-2H3;9-13H,4-8H2,1-3H3;8-11H,3-7H2,1-2H3;7-10H,3-6H2,1-2H3;8-10H,4-7H2,1-3H3;9H,4-8H2,1-3H3;4*1-2H3. The van der Waals surface area contributed by atoms with E-state index in [0.29, 0.717) is 32.5 Å². The van der Waals surface area contributed by atoms with Crippen molar-refractivity contribution >= 4 is 0 Å². The second-order valence-corrected chi connectivity index (χ2v) is 44.1. The maximum atomic E-state index is 2.54. The fraction of sp³-hybridized carbons (Fsp3) is 1.00. The highest BCUT2D eigenvalue weighted by atomic mass is 14.7. The van der Waals surface area contributed by atoms with Crippen LogP contribution in [0.25, 0.3) is 0 Å². The summed E-state index contributed by atoms with van der Waals surface area (Å²) in [6.45, 7) is 60.3. The zero-order valence-electron chi connectivity index (χ0n) is 69.7. The van der Waals surface area contributed by atoms with Gasteiger partial charge in [-0.2, -0.15) is 0 Å². The van der Waals surface area contributed by atoms with Crippen LogP contribution < -0.4 is 0 Å². The van der Waals surface area contributed by atoms with Crippen LogP contribution in [-0.4, -0.2) is 0 Å². The molecule has 23 atom stereocenters. The van der Waals surface area contributed by atoms with Crippen LogP contribution in [0.5, 0.6) is 0 Å². The summed E-state index contributed by atoms with van der Waals surface area (Å²) in [6, 6.07) is 0. The van der Waals surface area contributed by atoms with E-state index in [2.05, 4.69) is 125 Å². The molecule has 0 aromatic heterocycles. The minimum atomic E-state index is 0.570. The Hall–Kier alpha value is 0. The lowest BCUT2D eigenvalue weighted by Gasteiger charge is -2.59. The van der Waals surface area contributed by atoms with Crippen molar-refractivity contribution in [2.24, 2.45) is 204 Å². The summed E-state index contributed by atoms with van der Waals surface area (Å²) in [5.41, 5.74) is 4.43. The Labute approximate surface area is 598 Å². The molecule has 0 nitrogen and oxygen atoms in total. The monoisotopic (exact) mass is 1320 g/mol. The first-order chi connectivity index (χ1) is 44.8. The van der Waals surface area contributed by atoms with E-state index in [1.165, 1.54) is 93.8 Å². The van der Waals surface area contributed by atoms with Crippen molar-refractivity contribution in [2.45, 2.75) is 398 Å². The van der Waals surface area contributed by atoms with Crippen LogP contribution in [0, 0.1) is 204 Å². The van der Waals surface area contributed by atoms with Crippen molar-refractivity contribution in [1.29, 1.82) is 0 Å². The van der Waals surface area contributed by atoms with Gasteiger partial charge in [-0.3, -0.25) is 0 Å². The molecule has 0 amide bonds. The van der Waals surface area contributed by atoms with Gasteiger partial charge in [0.1, 0.15) is 0 Å². The van der Waals surface area contributed by atoms with Crippen molar-refractivity contribution in [1.82, 2.24) is 0 Å². The molecule has 0 aliphatic heterocycles. The third-order valence-corrected chi connectivity index (χ3v) is 34.7. The number of hydrogen-bond donors (Lipinski definition) is 0. The van der Waals surface area contributed by atoms with Crippen LogP contribution in [0.4, 0.5) is 0 Å². The quantitative estimate of drug-likeness (QED) is 0.212. The molecule has 554 valence electrons. The molecular weight excluding hydrogens is 1140 g/mol. The fourth-order valence-corrected chi connectivity index (χ4v) is 30.6. The molecular formula is C95H174. The largest absolute Gasteiger partial charge is 0.0683 e. The highest BCUT2D eigenvalue weighted by molar-refractivity contribution is 5.14.